The average molecular weight is 488 g/mol. The summed E-state index contributed by atoms with van der Waals surface area (Å²) in [6, 6.07) is 8.26. The summed E-state index contributed by atoms with van der Waals surface area (Å²) in [6.07, 6.45) is -12.5. The molecule has 0 amide bonds. The Bertz CT molecular complexity index is 859. The number of para-hydroxylation sites is 1. The van der Waals surface area contributed by atoms with Gasteiger partial charge in [-0.05, 0) is 12.1 Å². The van der Waals surface area contributed by atoms with Crippen LogP contribution < -0.4 is 4.74 Å². The van der Waals surface area contributed by atoms with Crippen molar-refractivity contribution in [2.75, 3.05) is 19.8 Å². The van der Waals surface area contributed by atoms with Gasteiger partial charge in [-0.2, -0.15) is 0 Å². The zero-order valence-corrected chi connectivity index (χ0v) is 17.9. The van der Waals surface area contributed by atoms with Crippen LogP contribution in [0.1, 0.15) is 6.42 Å². The van der Waals surface area contributed by atoms with Gasteiger partial charge in [0.05, 0.1) is 19.3 Å². The van der Waals surface area contributed by atoms with E-state index in [1.54, 1.807) is 30.3 Å². The second kappa shape index (κ2) is 10.8. The van der Waals surface area contributed by atoms with E-state index in [-0.39, 0.29) is 0 Å². The minimum atomic E-state index is -2.29. The predicted molar refractivity (Wildman–Crippen MR) is 109 cm³/mol. The molecule has 1 fully saturated rings. The summed E-state index contributed by atoms with van der Waals surface area (Å²) in [7, 11) is 0. The minimum absolute atomic E-state index is 0.352. The van der Waals surface area contributed by atoms with Gasteiger partial charge < -0.3 is 59.8 Å². The minimum Gasteiger partial charge on any atom is -0.505 e. The summed E-state index contributed by atoms with van der Waals surface area (Å²) in [5.74, 6) is -2.84. The van der Waals surface area contributed by atoms with Crippen molar-refractivity contribution in [3.05, 3.63) is 41.9 Å². The lowest BCUT2D eigenvalue weighted by Gasteiger charge is -2.39. The van der Waals surface area contributed by atoms with Crippen LogP contribution in [0.15, 0.2) is 41.9 Å². The Kier molecular flexibility index (Phi) is 8.33. The van der Waals surface area contributed by atoms with Crippen molar-refractivity contribution in [2.45, 2.75) is 54.9 Å². The maximum atomic E-state index is 12.6. The molecule has 0 saturated carbocycles. The van der Waals surface area contributed by atoms with Crippen molar-refractivity contribution >= 4 is 5.97 Å². The van der Waals surface area contributed by atoms with E-state index in [2.05, 4.69) is 0 Å². The summed E-state index contributed by atoms with van der Waals surface area (Å²) < 4.78 is 21.0. The lowest BCUT2D eigenvalue weighted by molar-refractivity contribution is -0.291. The Labute approximate surface area is 193 Å². The van der Waals surface area contributed by atoms with Crippen LogP contribution in [-0.2, 0) is 19.0 Å². The summed E-state index contributed by atoms with van der Waals surface area (Å²) in [6.45, 7) is -2.06. The van der Waals surface area contributed by atoms with Gasteiger partial charge in [-0.15, -0.1) is 0 Å². The van der Waals surface area contributed by atoms with Gasteiger partial charge in [-0.3, -0.25) is 0 Å². The molecular formula is C21H28O13. The molecule has 8 atom stereocenters. The number of carbonyl (C=O) groups excluding carboxylic acids is 1. The van der Waals surface area contributed by atoms with Gasteiger partial charge in [0, 0.05) is 6.42 Å². The smallest absolute Gasteiger partial charge is 0.378 e. The van der Waals surface area contributed by atoms with E-state index < -0.39 is 92.2 Å². The van der Waals surface area contributed by atoms with Crippen LogP contribution in [0, 0.1) is 0 Å². The number of carbonyl (C=O) groups is 1. The van der Waals surface area contributed by atoms with Gasteiger partial charge >= 0.3 is 5.97 Å². The number of cyclic esters (lactones) is 1. The molecule has 1 aromatic carbocycles. The van der Waals surface area contributed by atoms with E-state index in [0.29, 0.717) is 5.75 Å². The third-order valence-electron chi connectivity index (χ3n) is 5.60. The van der Waals surface area contributed by atoms with Crippen molar-refractivity contribution in [1.82, 2.24) is 0 Å². The predicted octanol–water partition coefficient (Wildman–Crippen LogP) is -2.95. The van der Waals surface area contributed by atoms with Gasteiger partial charge in [-0.1, -0.05) is 18.2 Å². The fourth-order valence-electron chi connectivity index (χ4n) is 3.68. The Morgan fingerprint density at radius 3 is 2.32 bits per heavy atom. The number of hydrogen-bond acceptors (Lipinski definition) is 13. The number of ether oxygens (including phenoxy) is 4. The molecular weight excluding hydrogens is 460 g/mol. The molecule has 2 heterocycles. The molecule has 3 rings (SSSR count). The molecule has 0 aliphatic carbocycles. The van der Waals surface area contributed by atoms with E-state index in [0.717, 1.165) is 0 Å². The molecule has 0 aromatic heterocycles. The normalized spacial score (nSPS) is 33.4. The molecule has 13 nitrogen and oxygen atoms in total. The summed E-state index contributed by atoms with van der Waals surface area (Å²) in [4.78, 5) is 12.6. The molecule has 13 heteroatoms. The summed E-state index contributed by atoms with van der Waals surface area (Å²) in [5, 5.41) is 80.1. The van der Waals surface area contributed by atoms with E-state index in [1.807, 2.05) is 0 Å². The SMILES string of the molecule is O=C1O[C@](CC(O)CO)([C@@H](O)COc2ccccc2)C(O)=C1OC1O[C@H](CO)[C@@H](O)[C@H](O)[C@H]1O. The molecule has 34 heavy (non-hydrogen) atoms. The second-order valence-corrected chi connectivity index (χ2v) is 7.95. The van der Waals surface area contributed by atoms with Gasteiger partial charge in [-0.25, -0.2) is 4.79 Å². The van der Waals surface area contributed by atoms with Crippen molar-refractivity contribution < 1.29 is 64.6 Å². The van der Waals surface area contributed by atoms with Gasteiger partial charge in [0.15, 0.2) is 5.76 Å². The van der Waals surface area contributed by atoms with Crippen molar-refractivity contribution in [1.29, 1.82) is 0 Å². The Hall–Kier alpha value is -2.49. The van der Waals surface area contributed by atoms with Crippen LogP contribution in [0.25, 0.3) is 0 Å². The first-order valence-corrected chi connectivity index (χ1v) is 10.4. The monoisotopic (exact) mass is 488 g/mol. The molecule has 2 aliphatic heterocycles. The van der Waals surface area contributed by atoms with Gasteiger partial charge in [0.2, 0.25) is 17.7 Å². The molecule has 190 valence electrons. The van der Waals surface area contributed by atoms with Crippen molar-refractivity contribution in [3.63, 3.8) is 0 Å². The van der Waals surface area contributed by atoms with Gasteiger partial charge in [0.25, 0.3) is 0 Å². The molecule has 0 spiro atoms. The van der Waals surface area contributed by atoms with E-state index in [1.165, 1.54) is 0 Å². The van der Waals surface area contributed by atoms with E-state index in [9.17, 15) is 45.6 Å². The fraction of sp³-hybridized carbons (Fsp3) is 0.571. The maximum absolute atomic E-state index is 12.6. The number of hydrogen-bond donors (Lipinski definition) is 8. The van der Waals surface area contributed by atoms with Crippen LogP contribution in [0.5, 0.6) is 5.75 Å². The summed E-state index contributed by atoms with van der Waals surface area (Å²) in [5.41, 5.74) is -2.29. The molecule has 0 bridgehead atoms. The number of aliphatic hydroxyl groups is 8. The Morgan fingerprint density at radius 2 is 1.71 bits per heavy atom. The molecule has 1 aromatic rings. The Balaban J connectivity index is 1.87. The van der Waals surface area contributed by atoms with Gasteiger partial charge in [0.1, 0.15) is 42.9 Å². The zero-order chi connectivity index (χ0) is 25.0. The largest absolute Gasteiger partial charge is 0.505 e. The first-order valence-electron chi connectivity index (χ1n) is 10.4. The highest BCUT2D eigenvalue weighted by molar-refractivity contribution is 5.90. The Morgan fingerprint density at radius 1 is 1.03 bits per heavy atom. The third-order valence-corrected chi connectivity index (χ3v) is 5.60. The van der Waals surface area contributed by atoms with Crippen LogP contribution >= 0.6 is 0 Å². The zero-order valence-electron chi connectivity index (χ0n) is 17.9. The first-order chi connectivity index (χ1) is 16.1. The number of benzene rings is 1. The lowest BCUT2D eigenvalue weighted by atomic mass is 9.88. The quantitative estimate of drug-likeness (QED) is 0.155. The number of esters is 1. The average Bonchev–Trinajstić information content (AvgIpc) is 3.07. The summed E-state index contributed by atoms with van der Waals surface area (Å²) >= 11 is 0. The molecule has 1 saturated heterocycles. The van der Waals surface area contributed by atoms with Crippen LogP contribution in [0.4, 0.5) is 0 Å². The van der Waals surface area contributed by atoms with E-state index in [4.69, 9.17) is 18.9 Å². The second-order valence-electron chi connectivity index (χ2n) is 7.95. The molecule has 2 unspecified atom stereocenters. The van der Waals surface area contributed by atoms with Crippen LogP contribution in [-0.4, -0.2) is 115 Å². The fourth-order valence-corrected chi connectivity index (χ4v) is 3.68. The third kappa shape index (κ3) is 5.11. The topological polar surface area (TPSA) is 216 Å². The lowest BCUT2D eigenvalue weighted by Crippen LogP contribution is -2.59. The van der Waals surface area contributed by atoms with E-state index >= 15 is 0 Å². The van der Waals surface area contributed by atoms with Crippen LogP contribution in [0.3, 0.4) is 0 Å². The highest BCUT2D eigenvalue weighted by Crippen LogP contribution is 2.40. The molecule has 0 radical (unpaired) electrons. The molecule has 8 N–H and O–H groups in total. The standard InChI is InChI=1S/C21H28O13/c22-7-10(24)6-21(13(25)9-31-11-4-2-1-3-5-11)18(29)17(19(30)34-21)33-20-16(28)15(27)14(26)12(8-23)32-20/h1-5,10,12-16,20,22-29H,6-9H2/t10?,12-,13+,14-,15+,16-,20?,21-/m1/s1. The van der Waals surface area contributed by atoms with Crippen molar-refractivity contribution in [2.24, 2.45) is 0 Å². The number of aliphatic hydroxyl groups excluding tert-OH is 8. The number of rotatable bonds is 10. The highest BCUT2D eigenvalue weighted by atomic mass is 16.7. The van der Waals surface area contributed by atoms with Crippen LogP contribution in [0.2, 0.25) is 0 Å². The maximum Gasteiger partial charge on any atom is 0.378 e. The van der Waals surface area contributed by atoms with Crippen molar-refractivity contribution in [3.8, 4) is 5.75 Å². The molecule has 2 aliphatic rings. The highest BCUT2D eigenvalue weighted by Gasteiger charge is 2.57. The first kappa shape index (κ1) is 26.1.